The molecule has 0 spiro atoms. The Morgan fingerprint density at radius 2 is 1.95 bits per heavy atom. The van der Waals surface area contributed by atoms with Crippen LogP contribution in [0, 0.1) is 12.7 Å². The molecular weight excluding hydrogens is 281 g/mol. The summed E-state index contributed by atoms with van der Waals surface area (Å²) in [5.74, 6) is -0.149. The number of aliphatic hydroxyl groups is 1. The fourth-order valence-corrected chi connectivity index (χ4v) is 2.42. The van der Waals surface area contributed by atoms with Gasteiger partial charge in [-0.25, -0.2) is 4.39 Å². The molecule has 4 heteroatoms. The average Bonchev–Trinajstić information content (AvgIpc) is 2.53. The highest BCUT2D eigenvalue weighted by Crippen LogP contribution is 2.23. The molecule has 0 saturated carbocycles. The Kier molecular flexibility index (Phi) is 5.52. The summed E-state index contributed by atoms with van der Waals surface area (Å²) in [6, 6.07) is 12.5. The molecule has 0 bridgehead atoms. The van der Waals surface area contributed by atoms with Crippen LogP contribution < -0.4 is 10.1 Å². The lowest BCUT2D eigenvalue weighted by Crippen LogP contribution is -2.25. The predicted octanol–water partition coefficient (Wildman–Crippen LogP) is 3.53. The topological polar surface area (TPSA) is 41.5 Å². The molecule has 2 aromatic carbocycles. The first-order chi connectivity index (χ1) is 10.5. The molecule has 2 atom stereocenters. The summed E-state index contributed by atoms with van der Waals surface area (Å²) in [5, 5.41) is 13.6. The SMILES string of the molecule is COc1cc(C(C)NCC(O)c2ccccc2C)ccc1F. The first-order valence-electron chi connectivity index (χ1n) is 7.33. The first kappa shape index (κ1) is 16.5. The molecule has 0 aliphatic carbocycles. The third-order valence-electron chi connectivity index (χ3n) is 3.84. The lowest BCUT2D eigenvalue weighted by atomic mass is 10.0. The van der Waals surface area contributed by atoms with E-state index in [0.717, 1.165) is 16.7 Å². The zero-order chi connectivity index (χ0) is 16.1. The summed E-state index contributed by atoms with van der Waals surface area (Å²) in [7, 11) is 1.45. The summed E-state index contributed by atoms with van der Waals surface area (Å²) in [6.45, 7) is 4.37. The van der Waals surface area contributed by atoms with Gasteiger partial charge in [0.15, 0.2) is 11.6 Å². The molecule has 2 rings (SSSR count). The van der Waals surface area contributed by atoms with Gasteiger partial charge in [-0.05, 0) is 42.7 Å². The Labute approximate surface area is 130 Å². The van der Waals surface area contributed by atoms with Crippen LogP contribution in [0.4, 0.5) is 4.39 Å². The number of aliphatic hydroxyl groups excluding tert-OH is 1. The first-order valence-corrected chi connectivity index (χ1v) is 7.33. The molecule has 2 aromatic rings. The molecule has 2 N–H and O–H groups in total. The molecule has 0 fully saturated rings. The third kappa shape index (κ3) is 3.84. The van der Waals surface area contributed by atoms with Gasteiger partial charge in [0.05, 0.1) is 13.2 Å². The Morgan fingerprint density at radius 1 is 1.23 bits per heavy atom. The summed E-state index contributed by atoms with van der Waals surface area (Å²) in [5.41, 5.74) is 2.89. The van der Waals surface area contributed by atoms with E-state index in [4.69, 9.17) is 4.74 Å². The predicted molar refractivity (Wildman–Crippen MR) is 85.5 cm³/mol. The van der Waals surface area contributed by atoms with Gasteiger partial charge in [0, 0.05) is 12.6 Å². The van der Waals surface area contributed by atoms with Crippen molar-refractivity contribution in [2.24, 2.45) is 0 Å². The molecule has 2 unspecified atom stereocenters. The van der Waals surface area contributed by atoms with Crippen molar-refractivity contribution in [2.75, 3.05) is 13.7 Å². The molecule has 0 aromatic heterocycles. The van der Waals surface area contributed by atoms with Gasteiger partial charge in [0.25, 0.3) is 0 Å². The second kappa shape index (κ2) is 7.38. The maximum absolute atomic E-state index is 13.4. The normalized spacial score (nSPS) is 13.7. The van der Waals surface area contributed by atoms with Crippen LogP contribution in [0.25, 0.3) is 0 Å². The number of aryl methyl sites for hydroxylation is 1. The van der Waals surface area contributed by atoms with Gasteiger partial charge < -0.3 is 15.2 Å². The Hall–Kier alpha value is -1.91. The highest BCUT2D eigenvalue weighted by Gasteiger charge is 2.13. The lowest BCUT2D eigenvalue weighted by molar-refractivity contribution is 0.170. The van der Waals surface area contributed by atoms with Crippen LogP contribution in [0.3, 0.4) is 0 Å². The summed E-state index contributed by atoms with van der Waals surface area (Å²) < 4.78 is 18.4. The maximum atomic E-state index is 13.4. The largest absolute Gasteiger partial charge is 0.494 e. The average molecular weight is 303 g/mol. The summed E-state index contributed by atoms with van der Waals surface area (Å²) in [6.07, 6.45) is -0.578. The second-order valence-electron chi connectivity index (χ2n) is 5.40. The zero-order valence-electron chi connectivity index (χ0n) is 13.1. The molecule has 0 aliphatic rings. The standard InChI is InChI=1S/C18H22FNO2/c1-12-6-4-5-7-15(12)17(21)11-20-13(2)14-8-9-16(19)18(10-14)22-3/h4-10,13,17,20-21H,11H2,1-3H3. The Balaban J connectivity index is 2.01. The van der Waals surface area contributed by atoms with Crippen LogP contribution in [0.1, 0.15) is 35.8 Å². The molecule has 0 radical (unpaired) electrons. The van der Waals surface area contributed by atoms with Gasteiger partial charge in [0.2, 0.25) is 0 Å². The van der Waals surface area contributed by atoms with Crippen molar-refractivity contribution in [1.82, 2.24) is 5.32 Å². The van der Waals surface area contributed by atoms with Crippen molar-refractivity contribution in [1.29, 1.82) is 0 Å². The minimum Gasteiger partial charge on any atom is -0.494 e. The summed E-state index contributed by atoms with van der Waals surface area (Å²) in [4.78, 5) is 0. The van der Waals surface area contributed by atoms with Crippen molar-refractivity contribution in [3.05, 3.63) is 65.0 Å². The zero-order valence-corrected chi connectivity index (χ0v) is 13.1. The number of hydrogen-bond donors (Lipinski definition) is 2. The number of hydrogen-bond acceptors (Lipinski definition) is 3. The van der Waals surface area contributed by atoms with Crippen LogP contribution in [-0.4, -0.2) is 18.8 Å². The molecule has 0 amide bonds. The van der Waals surface area contributed by atoms with E-state index in [1.54, 1.807) is 12.1 Å². The fraction of sp³-hybridized carbons (Fsp3) is 0.333. The molecule has 0 heterocycles. The van der Waals surface area contributed by atoms with E-state index >= 15 is 0 Å². The van der Waals surface area contributed by atoms with E-state index in [9.17, 15) is 9.50 Å². The van der Waals surface area contributed by atoms with Crippen LogP contribution >= 0.6 is 0 Å². The number of ether oxygens (including phenoxy) is 1. The minimum absolute atomic E-state index is 0.0202. The number of halogens is 1. The van der Waals surface area contributed by atoms with Gasteiger partial charge in [-0.3, -0.25) is 0 Å². The quantitative estimate of drug-likeness (QED) is 0.858. The van der Waals surface area contributed by atoms with Gasteiger partial charge in [0.1, 0.15) is 0 Å². The molecule has 3 nitrogen and oxygen atoms in total. The van der Waals surface area contributed by atoms with Gasteiger partial charge in [-0.1, -0.05) is 30.3 Å². The molecule has 22 heavy (non-hydrogen) atoms. The van der Waals surface area contributed by atoms with E-state index < -0.39 is 6.10 Å². The van der Waals surface area contributed by atoms with Crippen LogP contribution in [-0.2, 0) is 0 Å². The Morgan fingerprint density at radius 3 is 2.64 bits per heavy atom. The van der Waals surface area contributed by atoms with E-state index in [2.05, 4.69) is 5.32 Å². The van der Waals surface area contributed by atoms with Crippen molar-refractivity contribution in [3.8, 4) is 5.75 Å². The van der Waals surface area contributed by atoms with Gasteiger partial charge in [-0.2, -0.15) is 0 Å². The van der Waals surface area contributed by atoms with Crippen LogP contribution in [0.2, 0.25) is 0 Å². The number of nitrogens with one attached hydrogen (secondary N) is 1. The van der Waals surface area contributed by atoms with E-state index in [1.165, 1.54) is 13.2 Å². The van der Waals surface area contributed by atoms with E-state index in [1.807, 2.05) is 38.1 Å². The van der Waals surface area contributed by atoms with Gasteiger partial charge in [-0.15, -0.1) is 0 Å². The number of benzene rings is 2. The van der Waals surface area contributed by atoms with Crippen molar-refractivity contribution < 1.29 is 14.2 Å². The number of rotatable bonds is 6. The monoisotopic (exact) mass is 303 g/mol. The fourth-order valence-electron chi connectivity index (χ4n) is 2.42. The summed E-state index contributed by atoms with van der Waals surface area (Å²) >= 11 is 0. The third-order valence-corrected chi connectivity index (χ3v) is 3.84. The molecule has 0 aliphatic heterocycles. The second-order valence-corrected chi connectivity index (χ2v) is 5.40. The smallest absolute Gasteiger partial charge is 0.165 e. The maximum Gasteiger partial charge on any atom is 0.165 e. The highest BCUT2D eigenvalue weighted by atomic mass is 19.1. The van der Waals surface area contributed by atoms with Crippen molar-refractivity contribution in [2.45, 2.75) is 26.0 Å². The van der Waals surface area contributed by atoms with Crippen molar-refractivity contribution in [3.63, 3.8) is 0 Å². The lowest BCUT2D eigenvalue weighted by Gasteiger charge is -2.19. The Bertz CT molecular complexity index is 630. The molecule has 0 saturated heterocycles. The van der Waals surface area contributed by atoms with E-state index in [0.29, 0.717) is 6.54 Å². The minimum atomic E-state index is -0.578. The van der Waals surface area contributed by atoms with Crippen LogP contribution in [0.15, 0.2) is 42.5 Å². The van der Waals surface area contributed by atoms with Crippen LogP contribution in [0.5, 0.6) is 5.75 Å². The molecular formula is C18H22FNO2. The van der Waals surface area contributed by atoms with Gasteiger partial charge >= 0.3 is 0 Å². The molecule has 118 valence electrons. The number of methoxy groups -OCH3 is 1. The highest BCUT2D eigenvalue weighted by molar-refractivity contribution is 5.32. The van der Waals surface area contributed by atoms with Crippen molar-refractivity contribution >= 4 is 0 Å². The van der Waals surface area contributed by atoms with E-state index in [-0.39, 0.29) is 17.6 Å².